The topological polar surface area (TPSA) is 38.9 Å². The number of hydrogen-bond acceptors (Lipinski definition) is 3. The van der Waals surface area contributed by atoms with Crippen molar-refractivity contribution in [2.45, 2.75) is 31.1 Å². The molecule has 2 unspecified atom stereocenters. The van der Waals surface area contributed by atoms with Gasteiger partial charge in [-0.15, -0.1) is 11.6 Å². The number of fused-ring (bicyclic) bond motifs is 1. The van der Waals surface area contributed by atoms with Crippen molar-refractivity contribution in [1.82, 2.24) is 10.1 Å². The molecule has 2 saturated carbocycles. The van der Waals surface area contributed by atoms with Gasteiger partial charge in [0.1, 0.15) is 0 Å². The first-order chi connectivity index (χ1) is 6.36. The highest BCUT2D eigenvalue weighted by atomic mass is 35.5. The molecule has 1 aromatic rings. The summed E-state index contributed by atoms with van der Waals surface area (Å²) in [5.41, 5.74) is 0. The van der Waals surface area contributed by atoms with Crippen molar-refractivity contribution in [3.63, 3.8) is 0 Å². The molecule has 3 rings (SSSR count). The van der Waals surface area contributed by atoms with Gasteiger partial charge in [-0.25, -0.2) is 0 Å². The van der Waals surface area contributed by atoms with Crippen LogP contribution in [0.4, 0.5) is 0 Å². The molecule has 2 atom stereocenters. The summed E-state index contributed by atoms with van der Waals surface area (Å²) in [5.74, 6) is 4.21. The average molecular weight is 199 g/mol. The lowest BCUT2D eigenvalue weighted by Gasteiger charge is -2.03. The van der Waals surface area contributed by atoms with Crippen molar-refractivity contribution in [3.05, 3.63) is 11.7 Å². The summed E-state index contributed by atoms with van der Waals surface area (Å²) in [6, 6.07) is 0. The fourth-order valence-electron chi connectivity index (χ4n) is 2.40. The first-order valence-corrected chi connectivity index (χ1v) is 5.28. The number of alkyl halides is 1. The van der Waals surface area contributed by atoms with Gasteiger partial charge in [0.15, 0.2) is 5.82 Å². The Morgan fingerprint density at radius 1 is 1.31 bits per heavy atom. The summed E-state index contributed by atoms with van der Waals surface area (Å²) in [6.07, 6.45) is 3.91. The smallest absolute Gasteiger partial charge is 0.229 e. The lowest BCUT2D eigenvalue weighted by Crippen LogP contribution is -1.96. The van der Waals surface area contributed by atoms with E-state index < -0.39 is 0 Å². The summed E-state index contributed by atoms with van der Waals surface area (Å²) in [6.45, 7) is 0. The third-order valence-electron chi connectivity index (χ3n) is 3.20. The molecule has 0 amide bonds. The Morgan fingerprint density at radius 2 is 2.08 bits per heavy atom. The maximum atomic E-state index is 5.60. The van der Waals surface area contributed by atoms with Gasteiger partial charge in [0.25, 0.3) is 0 Å². The van der Waals surface area contributed by atoms with Gasteiger partial charge in [0.2, 0.25) is 5.89 Å². The van der Waals surface area contributed by atoms with Gasteiger partial charge < -0.3 is 4.52 Å². The summed E-state index contributed by atoms with van der Waals surface area (Å²) >= 11 is 5.60. The second-order valence-electron chi connectivity index (χ2n) is 4.11. The summed E-state index contributed by atoms with van der Waals surface area (Å²) < 4.78 is 5.16. The lowest BCUT2D eigenvalue weighted by atomic mass is 10.0. The Morgan fingerprint density at radius 3 is 2.69 bits per heavy atom. The Labute approximate surface area is 81.5 Å². The van der Waals surface area contributed by atoms with E-state index in [4.69, 9.17) is 16.1 Å². The SMILES string of the molecule is ClCc1noc(C2CC3CC3C2)n1. The highest BCUT2D eigenvalue weighted by Gasteiger charge is 2.47. The minimum absolute atomic E-state index is 0.350. The molecule has 2 aliphatic rings. The minimum Gasteiger partial charge on any atom is -0.339 e. The predicted molar refractivity (Wildman–Crippen MR) is 47.4 cm³/mol. The zero-order valence-electron chi connectivity index (χ0n) is 7.24. The lowest BCUT2D eigenvalue weighted by molar-refractivity contribution is 0.343. The molecule has 0 aliphatic heterocycles. The van der Waals surface area contributed by atoms with Crippen LogP contribution in [-0.2, 0) is 5.88 Å². The van der Waals surface area contributed by atoms with E-state index in [0.717, 1.165) is 17.7 Å². The van der Waals surface area contributed by atoms with E-state index in [1.165, 1.54) is 19.3 Å². The first-order valence-electron chi connectivity index (χ1n) is 4.75. The molecular formula is C9H11ClN2O. The highest BCUT2D eigenvalue weighted by Crippen LogP contribution is 2.57. The van der Waals surface area contributed by atoms with Crippen LogP contribution in [0.2, 0.25) is 0 Å². The second kappa shape index (κ2) is 2.71. The van der Waals surface area contributed by atoms with Crippen LogP contribution in [-0.4, -0.2) is 10.1 Å². The maximum absolute atomic E-state index is 5.60. The van der Waals surface area contributed by atoms with Crippen molar-refractivity contribution < 1.29 is 4.52 Å². The van der Waals surface area contributed by atoms with Gasteiger partial charge in [0, 0.05) is 5.92 Å². The van der Waals surface area contributed by atoms with Crippen LogP contribution < -0.4 is 0 Å². The molecule has 0 radical (unpaired) electrons. The van der Waals surface area contributed by atoms with E-state index in [2.05, 4.69) is 10.1 Å². The normalized spacial score (nSPS) is 36.2. The summed E-state index contributed by atoms with van der Waals surface area (Å²) in [4.78, 5) is 4.26. The van der Waals surface area contributed by atoms with Crippen LogP contribution >= 0.6 is 11.6 Å². The molecule has 1 aromatic heterocycles. The van der Waals surface area contributed by atoms with E-state index in [9.17, 15) is 0 Å². The molecule has 70 valence electrons. The van der Waals surface area contributed by atoms with Crippen molar-refractivity contribution >= 4 is 11.6 Å². The molecule has 0 N–H and O–H groups in total. The predicted octanol–water partition coefficient (Wildman–Crippen LogP) is 2.32. The fraction of sp³-hybridized carbons (Fsp3) is 0.778. The molecular weight excluding hydrogens is 188 g/mol. The molecule has 0 spiro atoms. The van der Waals surface area contributed by atoms with Gasteiger partial charge in [0.05, 0.1) is 5.88 Å². The van der Waals surface area contributed by atoms with Crippen LogP contribution in [0.5, 0.6) is 0 Å². The van der Waals surface area contributed by atoms with Crippen molar-refractivity contribution in [3.8, 4) is 0 Å². The average Bonchev–Trinajstić information content (AvgIpc) is 2.67. The van der Waals surface area contributed by atoms with Gasteiger partial charge in [-0.2, -0.15) is 4.98 Å². The van der Waals surface area contributed by atoms with Crippen molar-refractivity contribution in [1.29, 1.82) is 0 Å². The van der Waals surface area contributed by atoms with Crippen molar-refractivity contribution in [2.75, 3.05) is 0 Å². The monoisotopic (exact) mass is 198 g/mol. The number of halogens is 1. The third kappa shape index (κ3) is 1.26. The standard InChI is InChI=1S/C9H11ClN2O/c10-4-8-11-9(13-12-8)7-2-5-1-6(5)3-7/h5-7H,1-4H2. The molecule has 13 heavy (non-hydrogen) atoms. The Bertz CT molecular complexity index is 315. The molecule has 0 saturated heterocycles. The van der Waals surface area contributed by atoms with E-state index in [1.807, 2.05) is 0 Å². The second-order valence-corrected chi connectivity index (χ2v) is 4.37. The molecule has 1 heterocycles. The quantitative estimate of drug-likeness (QED) is 0.685. The third-order valence-corrected chi connectivity index (χ3v) is 3.44. The van der Waals surface area contributed by atoms with Crippen molar-refractivity contribution in [2.24, 2.45) is 11.8 Å². The number of hydrogen-bond donors (Lipinski definition) is 0. The Balaban J connectivity index is 1.77. The Hall–Kier alpha value is -0.570. The molecule has 2 aliphatic carbocycles. The number of aromatic nitrogens is 2. The maximum Gasteiger partial charge on any atom is 0.229 e. The van der Waals surface area contributed by atoms with Crippen LogP contribution in [0.3, 0.4) is 0 Å². The van der Waals surface area contributed by atoms with Gasteiger partial charge in [-0.1, -0.05) is 5.16 Å². The molecule has 3 nitrogen and oxygen atoms in total. The van der Waals surface area contributed by atoms with Gasteiger partial charge in [-0.05, 0) is 31.1 Å². The van der Waals surface area contributed by atoms with Crippen LogP contribution in [0.15, 0.2) is 4.52 Å². The van der Waals surface area contributed by atoms with Gasteiger partial charge in [-0.3, -0.25) is 0 Å². The minimum atomic E-state index is 0.350. The van der Waals surface area contributed by atoms with E-state index in [-0.39, 0.29) is 0 Å². The van der Waals surface area contributed by atoms with Crippen LogP contribution in [0.25, 0.3) is 0 Å². The first kappa shape index (κ1) is 7.80. The molecule has 2 fully saturated rings. The molecule has 4 heteroatoms. The summed E-state index contributed by atoms with van der Waals surface area (Å²) in [5, 5.41) is 3.80. The van der Waals surface area contributed by atoms with E-state index >= 15 is 0 Å². The molecule has 0 aromatic carbocycles. The number of nitrogens with zero attached hydrogens (tertiary/aromatic N) is 2. The number of rotatable bonds is 2. The Kier molecular flexibility index (Phi) is 1.62. The van der Waals surface area contributed by atoms with E-state index in [1.54, 1.807) is 0 Å². The zero-order valence-corrected chi connectivity index (χ0v) is 8.00. The van der Waals surface area contributed by atoms with Crippen LogP contribution in [0, 0.1) is 11.8 Å². The fourth-order valence-corrected chi connectivity index (χ4v) is 2.51. The van der Waals surface area contributed by atoms with Crippen LogP contribution in [0.1, 0.15) is 36.9 Å². The molecule has 0 bridgehead atoms. The summed E-state index contributed by atoms with van der Waals surface area (Å²) in [7, 11) is 0. The zero-order chi connectivity index (χ0) is 8.84. The van der Waals surface area contributed by atoms with Gasteiger partial charge >= 0.3 is 0 Å². The largest absolute Gasteiger partial charge is 0.339 e. The highest BCUT2D eigenvalue weighted by molar-refractivity contribution is 6.16. The van der Waals surface area contributed by atoms with E-state index in [0.29, 0.717) is 17.6 Å².